The standard InChI is InChI=1S/C24H22N4O2/c1-24(2,3)20-13-26-23(28-20)22-21(17-9-10-25-12-19(17)30-22)27-15-7-8-16-14(11-15)5-4-6-18(16)29/h4-13,27,29H,1-3H3,(H,26,28). The van der Waals surface area contributed by atoms with E-state index in [0.29, 0.717) is 17.2 Å². The van der Waals surface area contributed by atoms with Crippen LogP contribution in [-0.4, -0.2) is 20.1 Å². The Labute approximate surface area is 173 Å². The van der Waals surface area contributed by atoms with Gasteiger partial charge in [-0.05, 0) is 35.7 Å². The first-order valence-electron chi connectivity index (χ1n) is 9.81. The molecule has 0 unspecified atom stereocenters. The van der Waals surface area contributed by atoms with Crippen molar-refractivity contribution in [2.24, 2.45) is 0 Å². The second-order valence-electron chi connectivity index (χ2n) is 8.41. The van der Waals surface area contributed by atoms with Crippen LogP contribution in [0.5, 0.6) is 5.75 Å². The van der Waals surface area contributed by atoms with E-state index in [2.05, 4.69) is 41.0 Å². The Balaban J connectivity index is 1.63. The molecule has 0 fully saturated rings. The van der Waals surface area contributed by atoms with E-state index in [-0.39, 0.29) is 11.2 Å². The molecule has 0 radical (unpaired) electrons. The smallest absolute Gasteiger partial charge is 0.194 e. The molecular weight excluding hydrogens is 376 g/mol. The molecule has 2 aromatic carbocycles. The van der Waals surface area contributed by atoms with Crippen LogP contribution in [0.4, 0.5) is 11.4 Å². The number of benzene rings is 2. The number of nitrogens with zero attached hydrogens (tertiary/aromatic N) is 2. The summed E-state index contributed by atoms with van der Waals surface area (Å²) in [6.45, 7) is 6.41. The zero-order valence-electron chi connectivity index (χ0n) is 17.0. The molecule has 6 heteroatoms. The lowest BCUT2D eigenvalue weighted by Crippen LogP contribution is -2.11. The van der Waals surface area contributed by atoms with Crippen LogP contribution in [0.25, 0.3) is 33.3 Å². The van der Waals surface area contributed by atoms with Gasteiger partial charge >= 0.3 is 0 Å². The number of imidazole rings is 1. The SMILES string of the molecule is CC(C)(C)c1cnc(-c2oc3cnccc3c2Nc2ccc3c(O)cccc3c2)[nH]1. The van der Waals surface area contributed by atoms with Gasteiger partial charge in [0.1, 0.15) is 5.75 Å². The lowest BCUT2D eigenvalue weighted by Gasteiger charge is -2.15. The Morgan fingerprint density at radius 2 is 1.90 bits per heavy atom. The van der Waals surface area contributed by atoms with E-state index < -0.39 is 0 Å². The van der Waals surface area contributed by atoms with Crippen molar-refractivity contribution in [3.63, 3.8) is 0 Å². The zero-order chi connectivity index (χ0) is 20.9. The average Bonchev–Trinajstić information content (AvgIpc) is 3.34. The molecule has 0 spiro atoms. The van der Waals surface area contributed by atoms with Crippen molar-refractivity contribution in [1.29, 1.82) is 0 Å². The highest BCUT2D eigenvalue weighted by Crippen LogP contribution is 2.39. The van der Waals surface area contributed by atoms with Gasteiger partial charge in [0.05, 0.1) is 11.9 Å². The molecule has 0 aliphatic carbocycles. The van der Waals surface area contributed by atoms with Gasteiger partial charge in [-0.3, -0.25) is 4.98 Å². The molecular formula is C24H22N4O2. The van der Waals surface area contributed by atoms with Crippen LogP contribution >= 0.6 is 0 Å². The van der Waals surface area contributed by atoms with Crippen molar-refractivity contribution in [1.82, 2.24) is 15.0 Å². The van der Waals surface area contributed by atoms with Crippen molar-refractivity contribution >= 4 is 33.1 Å². The Hall–Kier alpha value is -3.80. The summed E-state index contributed by atoms with van der Waals surface area (Å²) in [7, 11) is 0. The number of H-pyrrole nitrogens is 1. The Morgan fingerprint density at radius 3 is 2.70 bits per heavy atom. The molecule has 5 rings (SSSR count). The quantitative estimate of drug-likeness (QED) is 0.341. The fourth-order valence-corrected chi connectivity index (χ4v) is 3.55. The van der Waals surface area contributed by atoms with E-state index in [1.165, 1.54) is 0 Å². The highest BCUT2D eigenvalue weighted by atomic mass is 16.3. The van der Waals surface area contributed by atoms with Crippen molar-refractivity contribution in [2.75, 3.05) is 5.32 Å². The first-order valence-corrected chi connectivity index (χ1v) is 9.81. The molecule has 0 saturated heterocycles. The van der Waals surface area contributed by atoms with E-state index in [0.717, 1.165) is 33.2 Å². The molecule has 0 amide bonds. The van der Waals surface area contributed by atoms with Gasteiger partial charge in [0, 0.05) is 40.0 Å². The minimum atomic E-state index is -0.0488. The lowest BCUT2D eigenvalue weighted by molar-refractivity contribution is 0.481. The minimum absolute atomic E-state index is 0.0488. The number of phenols is 1. The third-order valence-corrected chi connectivity index (χ3v) is 5.22. The maximum Gasteiger partial charge on any atom is 0.194 e. The summed E-state index contributed by atoms with van der Waals surface area (Å²) in [6.07, 6.45) is 5.30. The molecule has 6 nitrogen and oxygen atoms in total. The third-order valence-electron chi connectivity index (χ3n) is 5.22. The molecule has 3 heterocycles. The Morgan fingerprint density at radius 1 is 1.03 bits per heavy atom. The zero-order valence-corrected chi connectivity index (χ0v) is 17.0. The number of nitrogens with one attached hydrogen (secondary N) is 2. The summed E-state index contributed by atoms with van der Waals surface area (Å²) < 4.78 is 6.13. The van der Waals surface area contributed by atoms with Crippen LogP contribution in [0.3, 0.4) is 0 Å². The first kappa shape index (κ1) is 18.2. The summed E-state index contributed by atoms with van der Waals surface area (Å²) in [5.74, 6) is 1.56. The van der Waals surface area contributed by atoms with E-state index >= 15 is 0 Å². The number of phenolic OH excluding ortho intramolecular Hbond substituents is 1. The number of pyridine rings is 1. The Bertz CT molecular complexity index is 1380. The van der Waals surface area contributed by atoms with E-state index in [1.807, 2.05) is 42.6 Å². The van der Waals surface area contributed by atoms with Gasteiger partial charge in [-0.25, -0.2) is 4.98 Å². The van der Waals surface area contributed by atoms with E-state index in [9.17, 15) is 5.11 Å². The molecule has 0 atom stereocenters. The summed E-state index contributed by atoms with van der Waals surface area (Å²) in [5, 5.41) is 16.2. The predicted octanol–water partition coefficient (Wildman–Crippen LogP) is 6.12. The number of hydrogen-bond donors (Lipinski definition) is 3. The van der Waals surface area contributed by atoms with E-state index in [4.69, 9.17) is 4.42 Å². The van der Waals surface area contributed by atoms with Crippen LogP contribution in [0.15, 0.2) is 65.5 Å². The molecule has 5 aromatic rings. The number of aromatic nitrogens is 3. The fourth-order valence-electron chi connectivity index (χ4n) is 3.55. The molecule has 150 valence electrons. The summed E-state index contributed by atoms with van der Waals surface area (Å²) in [4.78, 5) is 12.1. The average molecular weight is 398 g/mol. The van der Waals surface area contributed by atoms with Crippen LogP contribution in [0.1, 0.15) is 26.5 Å². The van der Waals surface area contributed by atoms with Gasteiger partial charge in [-0.1, -0.05) is 32.9 Å². The van der Waals surface area contributed by atoms with Gasteiger partial charge in [0.15, 0.2) is 17.2 Å². The normalized spacial score (nSPS) is 12.0. The second kappa shape index (κ2) is 6.62. The molecule has 3 N–H and O–H groups in total. The largest absolute Gasteiger partial charge is 0.507 e. The molecule has 0 saturated carbocycles. The van der Waals surface area contributed by atoms with Crippen LogP contribution in [-0.2, 0) is 5.41 Å². The molecule has 3 aromatic heterocycles. The number of rotatable bonds is 3. The number of aromatic hydroxyl groups is 1. The van der Waals surface area contributed by atoms with Gasteiger partial charge < -0.3 is 19.8 Å². The molecule has 0 bridgehead atoms. The van der Waals surface area contributed by atoms with Crippen molar-refractivity contribution in [3.8, 4) is 17.3 Å². The van der Waals surface area contributed by atoms with Gasteiger partial charge in [-0.2, -0.15) is 0 Å². The highest BCUT2D eigenvalue weighted by Gasteiger charge is 2.22. The maximum atomic E-state index is 10.1. The third kappa shape index (κ3) is 3.06. The highest BCUT2D eigenvalue weighted by molar-refractivity contribution is 6.00. The fraction of sp³-hybridized carbons (Fsp3) is 0.167. The molecule has 0 aliphatic rings. The lowest BCUT2D eigenvalue weighted by atomic mass is 9.93. The molecule has 0 aliphatic heterocycles. The Kier molecular flexibility index (Phi) is 4.03. The van der Waals surface area contributed by atoms with Gasteiger partial charge in [-0.15, -0.1) is 0 Å². The number of fused-ring (bicyclic) bond motifs is 2. The predicted molar refractivity (Wildman–Crippen MR) is 119 cm³/mol. The monoisotopic (exact) mass is 398 g/mol. The number of aromatic amines is 1. The van der Waals surface area contributed by atoms with E-state index in [1.54, 1.807) is 18.5 Å². The topological polar surface area (TPSA) is 87.0 Å². The maximum absolute atomic E-state index is 10.1. The van der Waals surface area contributed by atoms with Gasteiger partial charge in [0.2, 0.25) is 0 Å². The number of anilines is 2. The first-order chi connectivity index (χ1) is 14.4. The number of furan rings is 1. The van der Waals surface area contributed by atoms with Crippen LogP contribution < -0.4 is 5.32 Å². The van der Waals surface area contributed by atoms with Crippen molar-refractivity contribution in [3.05, 3.63) is 66.7 Å². The number of hydrogen-bond acceptors (Lipinski definition) is 5. The molecule has 30 heavy (non-hydrogen) atoms. The van der Waals surface area contributed by atoms with Crippen LogP contribution in [0, 0.1) is 0 Å². The summed E-state index contributed by atoms with van der Waals surface area (Å²) >= 11 is 0. The van der Waals surface area contributed by atoms with Crippen molar-refractivity contribution in [2.45, 2.75) is 26.2 Å². The summed E-state index contributed by atoms with van der Waals surface area (Å²) in [5.41, 5.74) is 3.37. The second-order valence-corrected chi connectivity index (χ2v) is 8.41. The van der Waals surface area contributed by atoms with Crippen molar-refractivity contribution < 1.29 is 9.52 Å². The van der Waals surface area contributed by atoms with Crippen LogP contribution in [0.2, 0.25) is 0 Å². The summed E-state index contributed by atoms with van der Waals surface area (Å²) in [6, 6.07) is 13.3. The van der Waals surface area contributed by atoms with Gasteiger partial charge in [0.25, 0.3) is 0 Å². The minimum Gasteiger partial charge on any atom is -0.507 e.